The van der Waals surface area contributed by atoms with Gasteiger partial charge in [-0.25, -0.2) is 0 Å². The molecule has 0 spiro atoms. The second-order valence-electron chi connectivity index (χ2n) is 6.27. The lowest BCUT2D eigenvalue weighted by molar-refractivity contribution is 0.0478. The van der Waals surface area contributed by atoms with E-state index >= 15 is 0 Å². The zero-order valence-electron chi connectivity index (χ0n) is 13.6. The molecule has 0 aliphatic carbocycles. The normalized spacial score (nSPS) is 22.8. The molecule has 0 saturated carbocycles. The molecule has 0 bridgehead atoms. The van der Waals surface area contributed by atoms with Crippen molar-refractivity contribution in [2.45, 2.75) is 18.9 Å². The maximum absolute atomic E-state index is 8.89. The number of piperazine rings is 1. The van der Waals surface area contributed by atoms with Gasteiger partial charge in [-0.15, -0.1) is 0 Å². The van der Waals surface area contributed by atoms with Crippen molar-refractivity contribution in [3.05, 3.63) is 29.8 Å². The van der Waals surface area contributed by atoms with Crippen LogP contribution in [0.1, 0.15) is 18.4 Å². The minimum Gasteiger partial charge on any atom is -0.492 e. The number of benzene rings is 1. The molecule has 124 valence electrons. The number of ether oxygens (including phenoxy) is 2. The fraction of sp³-hybridized carbons (Fsp3) is 0.611. The topological polar surface area (TPSA) is 48.7 Å². The van der Waals surface area contributed by atoms with Gasteiger partial charge < -0.3 is 9.47 Å². The summed E-state index contributed by atoms with van der Waals surface area (Å²) in [5.74, 6) is 0.779. The molecule has 3 rings (SSSR count). The lowest BCUT2D eigenvalue weighted by Crippen LogP contribution is -2.49. The second-order valence-corrected chi connectivity index (χ2v) is 6.27. The van der Waals surface area contributed by atoms with Crippen LogP contribution in [0.25, 0.3) is 0 Å². The molecule has 1 atom stereocenters. The number of rotatable bonds is 6. The molecule has 2 aliphatic heterocycles. The Morgan fingerprint density at radius 1 is 1.22 bits per heavy atom. The molecule has 5 heteroatoms. The van der Waals surface area contributed by atoms with E-state index in [0.29, 0.717) is 18.3 Å². The largest absolute Gasteiger partial charge is 0.492 e. The van der Waals surface area contributed by atoms with Gasteiger partial charge in [0.05, 0.1) is 17.7 Å². The van der Waals surface area contributed by atoms with E-state index < -0.39 is 0 Å². The van der Waals surface area contributed by atoms with Crippen molar-refractivity contribution in [3.63, 3.8) is 0 Å². The molecular weight excluding hydrogens is 290 g/mol. The van der Waals surface area contributed by atoms with Gasteiger partial charge in [0.1, 0.15) is 12.4 Å². The summed E-state index contributed by atoms with van der Waals surface area (Å²) < 4.78 is 11.5. The van der Waals surface area contributed by atoms with Crippen molar-refractivity contribution in [1.82, 2.24) is 9.80 Å². The van der Waals surface area contributed by atoms with E-state index in [2.05, 4.69) is 15.9 Å². The molecule has 23 heavy (non-hydrogen) atoms. The van der Waals surface area contributed by atoms with Gasteiger partial charge in [0.2, 0.25) is 0 Å². The van der Waals surface area contributed by atoms with Crippen LogP contribution in [0, 0.1) is 11.3 Å². The Morgan fingerprint density at radius 2 is 2.04 bits per heavy atom. The van der Waals surface area contributed by atoms with Crippen LogP contribution < -0.4 is 4.74 Å². The highest BCUT2D eigenvalue weighted by molar-refractivity contribution is 5.36. The minimum absolute atomic E-state index is 0.456. The monoisotopic (exact) mass is 315 g/mol. The summed E-state index contributed by atoms with van der Waals surface area (Å²) in [7, 11) is 0. The summed E-state index contributed by atoms with van der Waals surface area (Å²) in [5, 5.41) is 8.89. The van der Waals surface area contributed by atoms with Crippen molar-refractivity contribution in [2.75, 3.05) is 52.5 Å². The van der Waals surface area contributed by atoms with Gasteiger partial charge in [-0.1, -0.05) is 6.07 Å². The Bertz CT molecular complexity index is 529. The quantitative estimate of drug-likeness (QED) is 0.800. The molecule has 0 amide bonds. The Morgan fingerprint density at radius 3 is 2.78 bits per heavy atom. The summed E-state index contributed by atoms with van der Waals surface area (Å²) in [6, 6.07) is 9.48. The molecule has 0 aromatic heterocycles. The molecule has 0 radical (unpaired) electrons. The standard InChI is InChI=1S/C18H25N3O2/c19-14-16-3-1-4-17(13-16)23-12-10-20-6-8-21(9-7-20)15-18-5-2-11-22-18/h1,3-4,13,18H,2,5-12,15H2. The van der Waals surface area contributed by atoms with E-state index in [0.717, 1.165) is 51.6 Å². The molecular formula is C18H25N3O2. The number of nitriles is 1. The van der Waals surface area contributed by atoms with Gasteiger partial charge in [0.15, 0.2) is 0 Å². The van der Waals surface area contributed by atoms with Gasteiger partial charge in [0, 0.05) is 45.9 Å². The summed E-state index contributed by atoms with van der Waals surface area (Å²) in [5.41, 5.74) is 0.644. The number of nitrogens with zero attached hydrogens (tertiary/aromatic N) is 3. The fourth-order valence-corrected chi connectivity index (χ4v) is 3.22. The minimum atomic E-state index is 0.456. The molecule has 2 heterocycles. The number of hydrogen-bond donors (Lipinski definition) is 0. The SMILES string of the molecule is N#Cc1cccc(OCCN2CCN(CC3CCCO3)CC2)c1. The van der Waals surface area contributed by atoms with Crippen LogP contribution in [0.3, 0.4) is 0 Å². The predicted octanol–water partition coefficient (Wildman–Crippen LogP) is 1.73. The second kappa shape index (κ2) is 8.30. The molecule has 5 nitrogen and oxygen atoms in total. The zero-order chi connectivity index (χ0) is 15.9. The van der Waals surface area contributed by atoms with E-state index in [4.69, 9.17) is 14.7 Å². The van der Waals surface area contributed by atoms with E-state index in [9.17, 15) is 0 Å². The van der Waals surface area contributed by atoms with Gasteiger partial charge in [-0.2, -0.15) is 5.26 Å². The van der Waals surface area contributed by atoms with Crippen LogP contribution in [-0.4, -0.2) is 68.4 Å². The smallest absolute Gasteiger partial charge is 0.120 e. The third kappa shape index (κ3) is 4.93. The van der Waals surface area contributed by atoms with E-state index in [1.807, 2.05) is 12.1 Å². The van der Waals surface area contributed by atoms with Crippen LogP contribution in [0.4, 0.5) is 0 Å². The Hall–Kier alpha value is -1.61. The van der Waals surface area contributed by atoms with Crippen LogP contribution in [-0.2, 0) is 4.74 Å². The van der Waals surface area contributed by atoms with Crippen molar-refractivity contribution in [3.8, 4) is 11.8 Å². The van der Waals surface area contributed by atoms with E-state index in [1.165, 1.54) is 12.8 Å². The fourth-order valence-electron chi connectivity index (χ4n) is 3.22. The zero-order valence-corrected chi connectivity index (χ0v) is 13.6. The van der Waals surface area contributed by atoms with Gasteiger partial charge in [0.25, 0.3) is 0 Å². The van der Waals surface area contributed by atoms with Crippen LogP contribution in [0.15, 0.2) is 24.3 Å². The Balaban J connectivity index is 1.33. The number of hydrogen-bond acceptors (Lipinski definition) is 5. The average molecular weight is 315 g/mol. The molecule has 1 aromatic rings. The first-order valence-corrected chi connectivity index (χ1v) is 8.53. The Kier molecular flexibility index (Phi) is 5.87. The lowest BCUT2D eigenvalue weighted by Gasteiger charge is -2.35. The molecule has 1 unspecified atom stereocenters. The predicted molar refractivity (Wildman–Crippen MR) is 88.5 cm³/mol. The third-order valence-corrected chi connectivity index (χ3v) is 4.59. The van der Waals surface area contributed by atoms with Gasteiger partial charge >= 0.3 is 0 Å². The first kappa shape index (κ1) is 16.3. The third-order valence-electron chi connectivity index (χ3n) is 4.59. The van der Waals surface area contributed by atoms with Crippen molar-refractivity contribution in [1.29, 1.82) is 5.26 Å². The van der Waals surface area contributed by atoms with Crippen molar-refractivity contribution in [2.24, 2.45) is 0 Å². The summed E-state index contributed by atoms with van der Waals surface area (Å²) in [6.45, 7) is 8.04. The van der Waals surface area contributed by atoms with E-state index in [-0.39, 0.29) is 0 Å². The summed E-state index contributed by atoms with van der Waals surface area (Å²) in [4.78, 5) is 4.96. The maximum atomic E-state index is 8.89. The van der Waals surface area contributed by atoms with Gasteiger partial charge in [-0.05, 0) is 31.0 Å². The molecule has 2 aliphatic rings. The highest BCUT2D eigenvalue weighted by Gasteiger charge is 2.22. The van der Waals surface area contributed by atoms with Crippen LogP contribution in [0.2, 0.25) is 0 Å². The first-order chi connectivity index (χ1) is 11.3. The van der Waals surface area contributed by atoms with Crippen molar-refractivity contribution >= 4 is 0 Å². The van der Waals surface area contributed by atoms with Crippen LogP contribution >= 0.6 is 0 Å². The molecule has 2 fully saturated rings. The van der Waals surface area contributed by atoms with Gasteiger partial charge in [-0.3, -0.25) is 9.80 Å². The van der Waals surface area contributed by atoms with Crippen LogP contribution in [0.5, 0.6) is 5.75 Å². The summed E-state index contributed by atoms with van der Waals surface area (Å²) in [6.07, 6.45) is 2.89. The molecule has 0 N–H and O–H groups in total. The van der Waals surface area contributed by atoms with Crippen molar-refractivity contribution < 1.29 is 9.47 Å². The maximum Gasteiger partial charge on any atom is 0.120 e. The lowest BCUT2D eigenvalue weighted by atomic mass is 10.2. The highest BCUT2D eigenvalue weighted by Crippen LogP contribution is 2.15. The molecule has 1 aromatic carbocycles. The molecule has 2 saturated heterocycles. The average Bonchev–Trinajstić information content (AvgIpc) is 3.10. The van der Waals surface area contributed by atoms with E-state index in [1.54, 1.807) is 12.1 Å². The highest BCUT2D eigenvalue weighted by atomic mass is 16.5. The summed E-state index contributed by atoms with van der Waals surface area (Å²) >= 11 is 0. The first-order valence-electron chi connectivity index (χ1n) is 8.53. The Labute approximate surface area is 138 Å².